The molecule has 0 aromatic carbocycles. The van der Waals surface area contributed by atoms with Crippen LogP contribution in [0.3, 0.4) is 0 Å². The molecule has 1 amide bonds. The minimum Gasteiger partial charge on any atom is -0.360 e. The van der Waals surface area contributed by atoms with Gasteiger partial charge in [0.15, 0.2) is 5.69 Å². The van der Waals surface area contributed by atoms with Crippen LogP contribution in [0, 0.1) is 13.8 Å². The number of carbonyl (C=O) groups excluding carboxylic acids is 1. The third-order valence-corrected chi connectivity index (χ3v) is 3.76. The number of nitrogens with one attached hydrogen (secondary N) is 1. The monoisotopic (exact) mass is 288 g/mol. The van der Waals surface area contributed by atoms with Gasteiger partial charge in [0, 0.05) is 24.2 Å². The maximum Gasteiger partial charge on any atom is 0.273 e. The molecule has 1 fully saturated rings. The summed E-state index contributed by atoms with van der Waals surface area (Å²) in [6.45, 7) is 6.51. The Morgan fingerprint density at radius 3 is 2.86 bits per heavy atom. The molecule has 6 heteroatoms. The molecule has 1 saturated carbocycles. The SMILES string of the molecule is Cc1cc(C)n(C(C)CNC(=O)c2cc(C3CC3)on2)n1. The first-order valence-electron chi connectivity index (χ1n) is 7.32. The summed E-state index contributed by atoms with van der Waals surface area (Å²) in [7, 11) is 0. The van der Waals surface area contributed by atoms with E-state index in [2.05, 4.69) is 15.6 Å². The molecule has 1 atom stereocenters. The van der Waals surface area contributed by atoms with Gasteiger partial charge >= 0.3 is 0 Å². The number of carbonyl (C=O) groups is 1. The average Bonchev–Trinajstić information content (AvgIpc) is 3.08. The second-order valence-electron chi connectivity index (χ2n) is 5.82. The lowest BCUT2D eigenvalue weighted by atomic mass is 10.2. The van der Waals surface area contributed by atoms with Gasteiger partial charge in [-0.1, -0.05) is 5.16 Å². The van der Waals surface area contributed by atoms with Crippen molar-refractivity contribution in [3.63, 3.8) is 0 Å². The van der Waals surface area contributed by atoms with E-state index >= 15 is 0 Å². The summed E-state index contributed by atoms with van der Waals surface area (Å²) in [5, 5.41) is 11.2. The van der Waals surface area contributed by atoms with E-state index in [0.29, 0.717) is 18.2 Å². The maximum atomic E-state index is 12.1. The summed E-state index contributed by atoms with van der Waals surface area (Å²) in [5.74, 6) is 1.10. The molecule has 0 radical (unpaired) electrons. The van der Waals surface area contributed by atoms with Crippen LogP contribution < -0.4 is 5.32 Å². The van der Waals surface area contributed by atoms with Gasteiger partial charge in [0.25, 0.3) is 5.91 Å². The van der Waals surface area contributed by atoms with Crippen molar-refractivity contribution in [1.29, 1.82) is 0 Å². The second kappa shape index (κ2) is 5.35. The fraction of sp³-hybridized carbons (Fsp3) is 0.533. The Hall–Kier alpha value is -2.11. The molecular weight excluding hydrogens is 268 g/mol. The molecule has 21 heavy (non-hydrogen) atoms. The van der Waals surface area contributed by atoms with Crippen LogP contribution >= 0.6 is 0 Å². The van der Waals surface area contributed by atoms with Gasteiger partial charge in [-0.2, -0.15) is 5.10 Å². The van der Waals surface area contributed by atoms with Crippen LogP contribution in [0.4, 0.5) is 0 Å². The standard InChI is InChI=1S/C15H20N4O2/c1-9-6-10(2)19(17-9)11(3)8-16-15(20)13-7-14(21-18-13)12-4-5-12/h6-7,11-12H,4-5,8H2,1-3H3,(H,16,20). The minimum absolute atomic E-state index is 0.0949. The zero-order chi connectivity index (χ0) is 15.0. The maximum absolute atomic E-state index is 12.1. The molecule has 1 aliphatic rings. The highest BCUT2D eigenvalue weighted by Gasteiger charge is 2.28. The molecule has 0 bridgehead atoms. The van der Waals surface area contributed by atoms with E-state index in [1.54, 1.807) is 6.07 Å². The van der Waals surface area contributed by atoms with Gasteiger partial charge in [-0.3, -0.25) is 9.48 Å². The Kier molecular flexibility index (Phi) is 3.53. The molecule has 2 heterocycles. The first-order chi connectivity index (χ1) is 10.0. The Balaban J connectivity index is 1.58. The molecule has 3 rings (SSSR count). The van der Waals surface area contributed by atoms with Gasteiger partial charge < -0.3 is 9.84 Å². The van der Waals surface area contributed by atoms with E-state index in [1.165, 1.54) is 0 Å². The Bertz CT molecular complexity index is 654. The van der Waals surface area contributed by atoms with Crippen LogP contribution in [-0.2, 0) is 0 Å². The van der Waals surface area contributed by atoms with Crippen molar-refractivity contribution in [1.82, 2.24) is 20.3 Å². The van der Waals surface area contributed by atoms with E-state index in [-0.39, 0.29) is 11.9 Å². The summed E-state index contributed by atoms with van der Waals surface area (Å²) < 4.78 is 7.12. The van der Waals surface area contributed by atoms with E-state index in [0.717, 1.165) is 30.0 Å². The largest absolute Gasteiger partial charge is 0.360 e. The van der Waals surface area contributed by atoms with E-state index in [9.17, 15) is 4.79 Å². The van der Waals surface area contributed by atoms with Crippen molar-refractivity contribution < 1.29 is 9.32 Å². The normalized spacial score (nSPS) is 16.0. The van der Waals surface area contributed by atoms with Crippen molar-refractivity contribution in [2.45, 2.75) is 45.6 Å². The number of aromatic nitrogens is 3. The molecule has 0 aliphatic heterocycles. The van der Waals surface area contributed by atoms with E-state index in [4.69, 9.17) is 4.52 Å². The topological polar surface area (TPSA) is 73.0 Å². The number of amides is 1. The van der Waals surface area contributed by atoms with Crippen molar-refractivity contribution >= 4 is 5.91 Å². The summed E-state index contributed by atoms with van der Waals surface area (Å²) in [6.07, 6.45) is 2.26. The fourth-order valence-corrected chi connectivity index (χ4v) is 2.47. The van der Waals surface area contributed by atoms with Gasteiger partial charge in [-0.15, -0.1) is 0 Å². The quantitative estimate of drug-likeness (QED) is 0.916. The summed E-state index contributed by atoms with van der Waals surface area (Å²) >= 11 is 0. The van der Waals surface area contributed by atoms with Crippen LogP contribution in [-0.4, -0.2) is 27.4 Å². The third kappa shape index (κ3) is 2.99. The smallest absolute Gasteiger partial charge is 0.273 e. The van der Waals surface area contributed by atoms with Crippen LogP contribution in [0.1, 0.15) is 59.4 Å². The van der Waals surface area contributed by atoms with Gasteiger partial charge in [0.1, 0.15) is 5.76 Å². The van der Waals surface area contributed by atoms with Crippen LogP contribution in [0.25, 0.3) is 0 Å². The zero-order valence-electron chi connectivity index (χ0n) is 12.6. The molecule has 1 aliphatic carbocycles. The first kappa shape index (κ1) is 13.9. The number of aryl methyl sites for hydroxylation is 2. The van der Waals surface area contributed by atoms with Crippen LogP contribution in [0.5, 0.6) is 0 Å². The highest BCUT2D eigenvalue weighted by atomic mass is 16.5. The van der Waals surface area contributed by atoms with Crippen molar-refractivity contribution in [3.8, 4) is 0 Å². The van der Waals surface area contributed by atoms with E-state index in [1.807, 2.05) is 31.5 Å². The molecule has 0 spiro atoms. The predicted octanol–water partition coefficient (Wildman–Crippen LogP) is 2.36. The molecule has 112 valence electrons. The Morgan fingerprint density at radius 2 is 2.24 bits per heavy atom. The van der Waals surface area contributed by atoms with E-state index < -0.39 is 0 Å². The molecule has 1 unspecified atom stereocenters. The van der Waals surface area contributed by atoms with Gasteiger partial charge in [-0.05, 0) is 39.7 Å². The van der Waals surface area contributed by atoms with Gasteiger partial charge in [-0.25, -0.2) is 0 Å². The number of nitrogens with zero attached hydrogens (tertiary/aromatic N) is 3. The van der Waals surface area contributed by atoms with Crippen LogP contribution in [0.2, 0.25) is 0 Å². The molecule has 6 nitrogen and oxygen atoms in total. The summed E-state index contributed by atoms with van der Waals surface area (Å²) in [4.78, 5) is 12.1. The lowest BCUT2D eigenvalue weighted by molar-refractivity contribution is 0.0938. The number of hydrogen-bond donors (Lipinski definition) is 1. The number of hydrogen-bond acceptors (Lipinski definition) is 4. The summed E-state index contributed by atoms with van der Waals surface area (Å²) in [5.41, 5.74) is 2.43. The molecule has 2 aromatic rings. The van der Waals surface area contributed by atoms with Crippen LogP contribution in [0.15, 0.2) is 16.7 Å². The van der Waals surface area contributed by atoms with Crippen molar-refractivity contribution in [2.75, 3.05) is 6.54 Å². The number of rotatable bonds is 5. The molecule has 2 aromatic heterocycles. The fourth-order valence-electron chi connectivity index (χ4n) is 2.47. The zero-order valence-corrected chi connectivity index (χ0v) is 12.6. The third-order valence-electron chi connectivity index (χ3n) is 3.76. The second-order valence-corrected chi connectivity index (χ2v) is 5.82. The lowest BCUT2D eigenvalue weighted by Crippen LogP contribution is -2.30. The van der Waals surface area contributed by atoms with Crippen molar-refractivity contribution in [2.24, 2.45) is 0 Å². The Labute approximate surface area is 123 Å². The highest BCUT2D eigenvalue weighted by molar-refractivity contribution is 5.92. The van der Waals surface area contributed by atoms with Gasteiger partial charge in [0.2, 0.25) is 0 Å². The Morgan fingerprint density at radius 1 is 1.48 bits per heavy atom. The highest BCUT2D eigenvalue weighted by Crippen LogP contribution is 2.40. The average molecular weight is 288 g/mol. The predicted molar refractivity (Wildman–Crippen MR) is 77.2 cm³/mol. The minimum atomic E-state index is -0.195. The first-order valence-corrected chi connectivity index (χ1v) is 7.32. The molecular formula is C15H20N4O2. The molecule has 1 N–H and O–H groups in total. The van der Waals surface area contributed by atoms with Gasteiger partial charge in [0.05, 0.1) is 11.7 Å². The lowest BCUT2D eigenvalue weighted by Gasteiger charge is -2.14. The molecule has 0 saturated heterocycles. The van der Waals surface area contributed by atoms with Crippen molar-refractivity contribution in [3.05, 3.63) is 35.0 Å². The summed E-state index contributed by atoms with van der Waals surface area (Å²) in [6, 6.07) is 3.87.